The molecule has 1 atom stereocenters. The number of hydrogen-bond donors (Lipinski definition) is 1. The highest BCUT2D eigenvalue weighted by atomic mass is 15.3. The van der Waals surface area contributed by atoms with Crippen LogP contribution in [0.2, 0.25) is 0 Å². The molecule has 2 N–H and O–H groups in total. The van der Waals surface area contributed by atoms with Crippen molar-refractivity contribution in [1.82, 2.24) is 4.90 Å². The van der Waals surface area contributed by atoms with Gasteiger partial charge in [0.2, 0.25) is 0 Å². The van der Waals surface area contributed by atoms with Gasteiger partial charge in [0.05, 0.1) is 0 Å². The van der Waals surface area contributed by atoms with E-state index in [0.29, 0.717) is 6.04 Å². The maximum atomic E-state index is 5.72. The van der Waals surface area contributed by atoms with E-state index in [0.717, 1.165) is 39.0 Å². The van der Waals surface area contributed by atoms with Gasteiger partial charge in [-0.3, -0.25) is 4.90 Å². The quantitative estimate of drug-likeness (QED) is 0.879. The van der Waals surface area contributed by atoms with Gasteiger partial charge in [0, 0.05) is 31.4 Å². The number of nitrogens with zero attached hydrogens (tertiary/aromatic N) is 2. The van der Waals surface area contributed by atoms with Crippen molar-refractivity contribution in [2.45, 2.75) is 25.8 Å². The van der Waals surface area contributed by atoms with E-state index in [1.165, 1.54) is 11.3 Å². The average Bonchev–Trinajstić information content (AvgIpc) is 2.41. The summed E-state index contributed by atoms with van der Waals surface area (Å²) in [5.74, 6) is 0. The molecule has 1 aliphatic rings. The van der Waals surface area contributed by atoms with Crippen molar-refractivity contribution in [3.05, 3.63) is 29.8 Å². The molecule has 3 heteroatoms. The third kappa shape index (κ3) is 2.85. The SMILES string of the molecule is CCc1ccccc1N1CCN(C)C(CCN)C1. The highest BCUT2D eigenvalue weighted by Gasteiger charge is 2.24. The van der Waals surface area contributed by atoms with Crippen LogP contribution in [-0.4, -0.2) is 44.2 Å². The first-order valence-electron chi connectivity index (χ1n) is 6.99. The molecule has 0 spiro atoms. The Morgan fingerprint density at radius 3 is 2.78 bits per heavy atom. The zero-order valence-electron chi connectivity index (χ0n) is 11.6. The van der Waals surface area contributed by atoms with E-state index in [1.807, 2.05) is 0 Å². The van der Waals surface area contributed by atoms with Gasteiger partial charge in [-0.05, 0) is 38.1 Å². The minimum absolute atomic E-state index is 0.591. The van der Waals surface area contributed by atoms with E-state index in [2.05, 4.69) is 48.0 Å². The van der Waals surface area contributed by atoms with Crippen molar-refractivity contribution in [2.24, 2.45) is 5.73 Å². The number of anilines is 1. The lowest BCUT2D eigenvalue weighted by molar-refractivity contribution is 0.210. The monoisotopic (exact) mass is 247 g/mol. The lowest BCUT2D eigenvalue weighted by Gasteiger charge is -2.41. The fourth-order valence-corrected chi connectivity index (χ4v) is 2.79. The molecule has 0 aliphatic carbocycles. The fourth-order valence-electron chi connectivity index (χ4n) is 2.79. The van der Waals surface area contributed by atoms with Crippen LogP contribution >= 0.6 is 0 Å². The second-order valence-corrected chi connectivity index (χ2v) is 5.14. The minimum atomic E-state index is 0.591. The Morgan fingerprint density at radius 2 is 2.06 bits per heavy atom. The van der Waals surface area contributed by atoms with Crippen LogP contribution in [0.5, 0.6) is 0 Å². The second-order valence-electron chi connectivity index (χ2n) is 5.14. The first-order chi connectivity index (χ1) is 8.76. The maximum Gasteiger partial charge on any atom is 0.0399 e. The second kappa shape index (κ2) is 6.21. The molecule has 1 aliphatic heterocycles. The van der Waals surface area contributed by atoms with Crippen LogP contribution in [0.1, 0.15) is 18.9 Å². The molecule has 1 aromatic carbocycles. The van der Waals surface area contributed by atoms with Gasteiger partial charge < -0.3 is 10.6 Å². The molecule has 1 aromatic rings. The van der Waals surface area contributed by atoms with Crippen molar-refractivity contribution < 1.29 is 0 Å². The summed E-state index contributed by atoms with van der Waals surface area (Å²) in [5, 5.41) is 0. The van der Waals surface area contributed by atoms with Gasteiger partial charge in [0.15, 0.2) is 0 Å². The summed E-state index contributed by atoms with van der Waals surface area (Å²) in [6.07, 6.45) is 2.19. The Kier molecular flexibility index (Phi) is 4.61. The molecule has 0 radical (unpaired) electrons. The average molecular weight is 247 g/mol. The van der Waals surface area contributed by atoms with Crippen molar-refractivity contribution >= 4 is 5.69 Å². The molecule has 0 amide bonds. The number of piperazine rings is 1. The number of hydrogen-bond acceptors (Lipinski definition) is 3. The van der Waals surface area contributed by atoms with Gasteiger partial charge >= 0.3 is 0 Å². The maximum absolute atomic E-state index is 5.72. The van der Waals surface area contributed by atoms with Crippen molar-refractivity contribution in [3.63, 3.8) is 0 Å². The summed E-state index contributed by atoms with van der Waals surface area (Å²) in [7, 11) is 2.21. The van der Waals surface area contributed by atoms with Gasteiger partial charge in [0.1, 0.15) is 0 Å². The Bertz CT molecular complexity index is 378. The molecule has 0 bridgehead atoms. The first kappa shape index (κ1) is 13.4. The number of rotatable bonds is 4. The van der Waals surface area contributed by atoms with E-state index < -0.39 is 0 Å². The summed E-state index contributed by atoms with van der Waals surface area (Å²) in [5.41, 5.74) is 8.58. The lowest BCUT2D eigenvalue weighted by Crippen LogP contribution is -2.52. The number of aryl methyl sites for hydroxylation is 1. The summed E-state index contributed by atoms with van der Waals surface area (Å²) >= 11 is 0. The molecule has 0 aromatic heterocycles. The first-order valence-corrected chi connectivity index (χ1v) is 6.99. The zero-order valence-corrected chi connectivity index (χ0v) is 11.6. The largest absolute Gasteiger partial charge is 0.368 e. The summed E-state index contributed by atoms with van der Waals surface area (Å²) < 4.78 is 0. The summed E-state index contributed by atoms with van der Waals surface area (Å²) in [6, 6.07) is 9.36. The normalized spacial score (nSPS) is 21.3. The molecule has 1 fully saturated rings. The predicted octanol–water partition coefficient (Wildman–Crippen LogP) is 1.72. The molecule has 1 saturated heterocycles. The molecule has 3 nitrogen and oxygen atoms in total. The molecule has 1 heterocycles. The number of likely N-dealkylation sites (N-methyl/N-ethyl adjacent to an activating group) is 1. The van der Waals surface area contributed by atoms with Crippen LogP contribution in [0.3, 0.4) is 0 Å². The molecule has 0 saturated carbocycles. The minimum Gasteiger partial charge on any atom is -0.368 e. The third-order valence-electron chi connectivity index (χ3n) is 3.99. The number of benzene rings is 1. The number of para-hydroxylation sites is 1. The van der Waals surface area contributed by atoms with Crippen molar-refractivity contribution in [1.29, 1.82) is 0 Å². The summed E-state index contributed by atoms with van der Waals surface area (Å²) in [6.45, 7) is 6.35. The molecular weight excluding hydrogens is 222 g/mol. The van der Waals surface area contributed by atoms with E-state index in [4.69, 9.17) is 5.73 Å². The highest BCUT2D eigenvalue weighted by molar-refractivity contribution is 5.54. The Balaban J connectivity index is 2.13. The van der Waals surface area contributed by atoms with Crippen LogP contribution in [0.4, 0.5) is 5.69 Å². The highest BCUT2D eigenvalue weighted by Crippen LogP contribution is 2.24. The number of nitrogens with two attached hydrogens (primary N) is 1. The molecule has 100 valence electrons. The van der Waals surface area contributed by atoms with Crippen molar-refractivity contribution in [2.75, 3.05) is 38.1 Å². The van der Waals surface area contributed by atoms with E-state index in [-0.39, 0.29) is 0 Å². The molecule has 18 heavy (non-hydrogen) atoms. The fraction of sp³-hybridized carbons (Fsp3) is 0.600. The van der Waals surface area contributed by atoms with E-state index >= 15 is 0 Å². The van der Waals surface area contributed by atoms with E-state index in [9.17, 15) is 0 Å². The third-order valence-corrected chi connectivity index (χ3v) is 3.99. The van der Waals surface area contributed by atoms with Crippen LogP contribution < -0.4 is 10.6 Å². The molecule has 2 rings (SSSR count). The Hall–Kier alpha value is -1.06. The smallest absolute Gasteiger partial charge is 0.0399 e. The predicted molar refractivity (Wildman–Crippen MR) is 78.1 cm³/mol. The van der Waals surface area contributed by atoms with Gasteiger partial charge in [-0.15, -0.1) is 0 Å². The van der Waals surface area contributed by atoms with Crippen LogP contribution in [0.25, 0.3) is 0 Å². The van der Waals surface area contributed by atoms with E-state index in [1.54, 1.807) is 0 Å². The van der Waals surface area contributed by atoms with Gasteiger partial charge in [-0.25, -0.2) is 0 Å². The lowest BCUT2D eigenvalue weighted by atomic mass is 10.1. The van der Waals surface area contributed by atoms with Gasteiger partial charge in [-0.2, -0.15) is 0 Å². The van der Waals surface area contributed by atoms with Gasteiger partial charge in [0.25, 0.3) is 0 Å². The topological polar surface area (TPSA) is 32.5 Å². The standard InChI is InChI=1S/C15H25N3/c1-3-13-6-4-5-7-15(13)18-11-10-17(2)14(12-18)8-9-16/h4-7,14H,3,8-12,16H2,1-2H3. The van der Waals surface area contributed by atoms with Crippen molar-refractivity contribution in [3.8, 4) is 0 Å². The van der Waals surface area contributed by atoms with Crippen LogP contribution in [-0.2, 0) is 6.42 Å². The molecule has 1 unspecified atom stereocenters. The van der Waals surface area contributed by atoms with Crippen LogP contribution in [0, 0.1) is 0 Å². The van der Waals surface area contributed by atoms with Crippen LogP contribution in [0.15, 0.2) is 24.3 Å². The molecular formula is C15H25N3. The summed E-state index contributed by atoms with van der Waals surface area (Å²) in [4.78, 5) is 4.97. The Labute approximate surface area is 111 Å². The van der Waals surface area contributed by atoms with Gasteiger partial charge in [-0.1, -0.05) is 25.1 Å². The Morgan fingerprint density at radius 1 is 1.28 bits per heavy atom. The zero-order chi connectivity index (χ0) is 13.0.